The summed E-state index contributed by atoms with van der Waals surface area (Å²) in [6.45, 7) is 1.87. The Kier molecular flexibility index (Phi) is 3.89. The van der Waals surface area contributed by atoms with E-state index in [-0.39, 0.29) is 11.7 Å². The predicted octanol–water partition coefficient (Wildman–Crippen LogP) is 2.79. The van der Waals surface area contributed by atoms with E-state index in [1.54, 1.807) is 6.07 Å². The number of anilines is 2. The summed E-state index contributed by atoms with van der Waals surface area (Å²) in [5, 5.41) is 3.15. The first-order valence-electron chi connectivity index (χ1n) is 6.28. The molecule has 1 aromatic carbocycles. The zero-order valence-corrected chi connectivity index (χ0v) is 10.8. The van der Waals surface area contributed by atoms with Crippen LogP contribution in [0.3, 0.4) is 0 Å². The van der Waals surface area contributed by atoms with Crippen LogP contribution in [0.1, 0.15) is 18.4 Å². The molecule has 0 spiro atoms. The van der Waals surface area contributed by atoms with Crippen molar-refractivity contribution in [2.45, 2.75) is 25.1 Å². The highest BCUT2D eigenvalue weighted by atomic mass is 19.4. The van der Waals surface area contributed by atoms with Gasteiger partial charge in [0.1, 0.15) is 0 Å². The van der Waals surface area contributed by atoms with Crippen molar-refractivity contribution in [2.24, 2.45) is 0 Å². The molecule has 1 fully saturated rings. The summed E-state index contributed by atoms with van der Waals surface area (Å²) in [7, 11) is 2.01. The van der Waals surface area contributed by atoms with Gasteiger partial charge >= 0.3 is 6.18 Å². The van der Waals surface area contributed by atoms with E-state index in [9.17, 15) is 13.2 Å². The van der Waals surface area contributed by atoms with Crippen LogP contribution in [0.15, 0.2) is 18.2 Å². The molecule has 3 nitrogen and oxygen atoms in total. The van der Waals surface area contributed by atoms with Gasteiger partial charge in [0, 0.05) is 24.0 Å². The first-order valence-corrected chi connectivity index (χ1v) is 6.28. The molecule has 0 aromatic heterocycles. The van der Waals surface area contributed by atoms with Crippen molar-refractivity contribution in [1.29, 1.82) is 0 Å². The van der Waals surface area contributed by atoms with Crippen molar-refractivity contribution >= 4 is 11.4 Å². The number of hydrogen-bond acceptors (Lipinski definition) is 3. The van der Waals surface area contributed by atoms with Crippen molar-refractivity contribution in [2.75, 3.05) is 31.2 Å². The maximum absolute atomic E-state index is 12.8. The van der Waals surface area contributed by atoms with Gasteiger partial charge in [-0.2, -0.15) is 13.2 Å². The molecule has 2 rings (SSSR count). The third-order valence-corrected chi connectivity index (χ3v) is 3.35. The molecule has 0 bridgehead atoms. The van der Waals surface area contributed by atoms with Crippen LogP contribution in [0.25, 0.3) is 0 Å². The largest absolute Gasteiger partial charge is 0.418 e. The number of piperidine rings is 1. The van der Waals surface area contributed by atoms with Crippen LogP contribution in [0, 0.1) is 0 Å². The molecule has 1 atom stereocenters. The second-order valence-electron chi connectivity index (χ2n) is 5.05. The Hall–Kier alpha value is -1.43. The molecular weight excluding hydrogens is 255 g/mol. The van der Waals surface area contributed by atoms with Gasteiger partial charge in [0.15, 0.2) is 0 Å². The minimum Gasteiger partial charge on any atom is -0.398 e. The number of nitrogens with two attached hydrogens (primary N) is 1. The second-order valence-corrected chi connectivity index (χ2v) is 5.05. The Morgan fingerprint density at radius 2 is 2.11 bits per heavy atom. The molecule has 1 saturated heterocycles. The van der Waals surface area contributed by atoms with Gasteiger partial charge in [-0.05, 0) is 44.6 Å². The third-order valence-electron chi connectivity index (χ3n) is 3.35. The lowest BCUT2D eigenvalue weighted by Crippen LogP contribution is -2.39. The van der Waals surface area contributed by atoms with Crippen LogP contribution in [-0.2, 0) is 6.18 Å². The number of likely N-dealkylation sites (N-methyl/N-ethyl adjacent to an activating group) is 1. The van der Waals surface area contributed by atoms with Crippen LogP contribution < -0.4 is 11.1 Å². The topological polar surface area (TPSA) is 41.3 Å². The summed E-state index contributed by atoms with van der Waals surface area (Å²) >= 11 is 0. The van der Waals surface area contributed by atoms with Gasteiger partial charge in [-0.15, -0.1) is 0 Å². The molecule has 1 aromatic rings. The number of halogens is 3. The van der Waals surface area contributed by atoms with E-state index >= 15 is 0 Å². The first-order chi connectivity index (χ1) is 8.86. The summed E-state index contributed by atoms with van der Waals surface area (Å²) in [6, 6.07) is 4.17. The number of benzene rings is 1. The molecule has 0 aliphatic carbocycles. The minimum atomic E-state index is -4.41. The van der Waals surface area contributed by atoms with Crippen molar-refractivity contribution in [3.8, 4) is 0 Å². The maximum atomic E-state index is 12.8. The van der Waals surface area contributed by atoms with Crippen molar-refractivity contribution in [3.05, 3.63) is 23.8 Å². The zero-order chi connectivity index (χ0) is 14.0. The van der Waals surface area contributed by atoms with Gasteiger partial charge in [-0.1, -0.05) is 0 Å². The number of likely N-dealkylation sites (tertiary alicyclic amines) is 1. The molecule has 0 saturated carbocycles. The molecule has 1 aliphatic heterocycles. The normalized spacial score (nSPS) is 21.4. The maximum Gasteiger partial charge on any atom is 0.418 e. The van der Waals surface area contributed by atoms with Crippen LogP contribution in [0.2, 0.25) is 0 Å². The van der Waals surface area contributed by atoms with E-state index < -0.39 is 11.7 Å². The molecular formula is C13H18F3N3. The number of nitrogens with one attached hydrogen (secondary N) is 1. The molecule has 6 heteroatoms. The molecule has 19 heavy (non-hydrogen) atoms. The van der Waals surface area contributed by atoms with Gasteiger partial charge in [0.2, 0.25) is 0 Å². The lowest BCUT2D eigenvalue weighted by molar-refractivity contribution is -0.136. The van der Waals surface area contributed by atoms with Gasteiger partial charge in [0.25, 0.3) is 0 Å². The van der Waals surface area contributed by atoms with Gasteiger partial charge in [-0.3, -0.25) is 0 Å². The Labute approximate surface area is 110 Å². The first kappa shape index (κ1) is 14.0. The number of nitrogen functional groups attached to an aromatic ring is 1. The van der Waals surface area contributed by atoms with Crippen molar-refractivity contribution in [3.63, 3.8) is 0 Å². The van der Waals surface area contributed by atoms with Crippen LogP contribution in [0.4, 0.5) is 24.5 Å². The van der Waals surface area contributed by atoms with Gasteiger partial charge < -0.3 is 16.0 Å². The zero-order valence-electron chi connectivity index (χ0n) is 10.8. The van der Waals surface area contributed by atoms with E-state index in [2.05, 4.69) is 10.2 Å². The lowest BCUT2D eigenvalue weighted by atomic mass is 10.1. The third kappa shape index (κ3) is 3.53. The monoisotopic (exact) mass is 273 g/mol. The predicted molar refractivity (Wildman–Crippen MR) is 70.0 cm³/mol. The molecule has 1 aliphatic rings. The molecule has 0 radical (unpaired) electrons. The van der Waals surface area contributed by atoms with Crippen molar-refractivity contribution in [1.82, 2.24) is 4.90 Å². The van der Waals surface area contributed by atoms with Crippen LogP contribution in [-0.4, -0.2) is 31.1 Å². The lowest BCUT2D eigenvalue weighted by Gasteiger charge is -2.31. The molecule has 1 unspecified atom stereocenters. The standard InChI is InChI=1S/C13H18F3N3/c1-19-6-2-3-10(8-19)18-9-4-5-12(17)11(7-9)13(14,15)16/h4-5,7,10,18H,2-3,6,8,17H2,1H3. The van der Waals surface area contributed by atoms with Crippen LogP contribution in [0.5, 0.6) is 0 Å². The van der Waals surface area contributed by atoms with E-state index in [1.165, 1.54) is 6.07 Å². The highest BCUT2D eigenvalue weighted by Crippen LogP contribution is 2.35. The Balaban J connectivity index is 2.13. The minimum absolute atomic E-state index is 0.184. The molecule has 3 N–H and O–H groups in total. The summed E-state index contributed by atoms with van der Waals surface area (Å²) in [5.41, 5.74) is 4.84. The number of nitrogens with zero attached hydrogens (tertiary/aromatic N) is 1. The van der Waals surface area contributed by atoms with E-state index in [1.807, 2.05) is 7.05 Å². The quantitative estimate of drug-likeness (QED) is 0.814. The summed E-state index contributed by atoms with van der Waals surface area (Å²) in [6.07, 6.45) is -2.39. The summed E-state index contributed by atoms with van der Waals surface area (Å²) in [4.78, 5) is 2.17. The Morgan fingerprint density at radius 3 is 2.74 bits per heavy atom. The Morgan fingerprint density at radius 1 is 1.37 bits per heavy atom. The Bertz CT molecular complexity index is 445. The highest BCUT2D eigenvalue weighted by molar-refractivity contribution is 5.58. The van der Waals surface area contributed by atoms with E-state index in [0.29, 0.717) is 5.69 Å². The summed E-state index contributed by atoms with van der Waals surface area (Å²) in [5.74, 6) is 0. The molecule has 106 valence electrons. The van der Waals surface area contributed by atoms with E-state index in [0.717, 1.165) is 32.0 Å². The van der Waals surface area contributed by atoms with E-state index in [4.69, 9.17) is 5.73 Å². The second kappa shape index (κ2) is 5.28. The van der Waals surface area contributed by atoms with Crippen LogP contribution >= 0.6 is 0 Å². The fourth-order valence-electron chi connectivity index (χ4n) is 2.41. The fourth-order valence-corrected chi connectivity index (χ4v) is 2.41. The number of hydrogen-bond donors (Lipinski definition) is 2. The molecule has 1 heterocycles. The molecule has 0 amide bonds. The SMILES string of the molecule is CN1CCCC(Nc2ccc(N)c(C(F)(F)F)c2)C1. The smallest absolute Gasteiger partial charge is 0.398 e. The van der Waals surface area contributed by atoms with Crippen molar-refractivity contribution < 1.29 is 13.2 Å². The van der Waals surface area contributed by atoms with Gasteiger partial charge in [-0.25, -0.2) is 0 Å². The van der Waals surface area contributed by atoms with Gasteiger partial charge in [0.05, 0.1) is 5.56 Å². The average Bonchev–Trinajstić information content (AvgIpc) is 2.30. The fraction of sp³-hybridized carbons (Fsp3) is 0.538. The number of rotatable bonds is 2. The number of alkyl halides is 3. The summed E-state index contributed by atoms with van der Waals surface area (Å²) < 4.78 is 38.3. The average molecular weight is 273 g/mol. The highest BCUT2D eigenvalue weighted by Gasteiger charge is 2.33.